The van der Waals surface area contributed by atoms with Crippen molar-refractivity contribution in [2.24, 2.45) is 0 Å². The summed E-state index contributed by atoms with van der Waals surface area (Å²) in [5.41, 5.74) is -0.299. The third-order valence-electron chi connectivity index (χ3n) is 1.63. The molecule has 6 heteroatoms. The number of hydrogen-bond acceptors (Lipinski definition) is 3. The zero-order valence-corrected chi connectivity index (χ0v) is 9.14. The first-order valence-electron chi connectivity index (χ1n) is 3.66. The average molecular weight is 268 g/mol. The number of aromatic nitrogens is 1. The van der Waals surface area contributed by atoms with E-state index in [2.05, 4.69) is 20.9 Å². The first-order valence-corrected chi connectivity index (χ1v) is 4.45. The molecule has 0 saturated heterocycles. The van der Waals surface area contributed by atoms with E-state index in [1.807, 2.05) is 0 Å². The molecule has 0 radical (unpaired) electrons. The number of halogens is 3. The molecule has 78 valence electrons. The minimum atomic E-state index is -2.66. The third-order valence-corrected chi connectivity index (χ3v) is 2.26. The van der Waals surface area contributed by atoms with Crippen LogP contribution in [0, 0.1) is 0 Å². The first-order chi connectivity index (χ1) is 6.61. The van der Waals surface area contributed by atoms with Crippen molar-refractivity contribution in [3.8, 4) is 11.5 Å². The van der Waals surface area contributed by atoms with Crippen molar-refractivity contribution in [3.63, 3.8) is 0 Å². The van der Waals surface area contributed by atoms with E-state index in [1.165, 1.54) is 20.4 Å². The van der Waals surface area contributed by atoms with Crippen LogP contribution in [0.15, 0.2) is 10.8 Å². The second-order valence-corrected chi connectivity index (χ2v) is 3.12. The Balaban J connectivity index is 3.35. The molecule has 0 aliphatic rings. The summed E-state index contributed by atoms with van der Waals surface area (Å²) in [5, 5.41) is 0. The SMILES string of the molecule is COc1cnc(Br)c(C(F)F)c1OC. The van der Waals surface area contributed by atoms with Gasteiger partial charge in [-0.3, -0.25) is 0 Å². The highest BCUT2D eigenvalue weighted by molar-refractivity contribution is 9.10. The van der Waals surface area contributed by atoms with Crippen LogP contribution >= 0.6 is 15.9 Å². The topological polar surface area (TPSA) is 31.4 Å². The highest BCUT2D eigenvalue weighted by atomic mass is 79.9. The lowest BCUT2D eigenvalue weighted by Crippen LogP contribution is -1.99. The molecule has 0 N–H and O–H groups in total. The Morgan fingerprint density at radius 3 is 2.43 bits per heavy atom. The Morgan fingerprint density at radius 2 is 2.00 bits per heavy atom. The monoisotopic (exact) mass is 267 g/mol. The van der Waals surface area contributed by atoms with E-state index in [0.717, 1.165) is 0 Å². The number of hydrogen-bond donors (Lipinski definition) is 0. The van der Waals surface area contributed by atoms with Crippen molar-refractivity contribution in [2.75, 3.05) is 14.2 Å². The number of ether oxygens (including phenoxy) is 2. The maximum Gasteiger partial charge on any atom is 0.270 e. The van der Waals surface area contributed by atoms with Gasteiger partial charge in [-0.25, -0.2) is 13.8 Å². The van der Waals surface area contributed by atoms with Crippen LogP contribution in [-0.4, -0.2) is 19.2 Å². The van der Waals surface area contributed by atoms with Crippen LogP contribution in [-0.2, 0) is 0 Å². The first kappa shape index (κ1) is 11.2. The molecule has 1 rings (SSSR count). The van der Waals surface area contributed by atoms with Gasteiger partial charge in [-0.1, -0.05) is 0 Å². The number of pyridine rings is 1. The molecule has 0 saturated carbocycles. The fourth-order valence-corrected chi connectivity index (χ4v) is 1.47. The van der Waals surface area contributed by atoms with Gasteiger partial charge >= 0.3 is 0 Å². The van der Waals surface area contributed by atoms with Crippen molar-refractivity contribution in [2.45, 2.75) is 6.43 Å². The summed E-state index contributed by atoms with van der Waals surface area (Å²) < 4.78 is 34.9. The van der Waals surface area contributed by atoms with Gasteiger partial charge in [-0.05, 0) is 15.9 Å². The summed E-state index contributed by atoms with van der Waals surface area (Å²) in [6.45, 7) is 0. The van der Waals surface area contributed by atoms with E-state index in [4.69, 9.17) is 9.47 Å². The molecule has 1 heterocycles. The van der Waals surface area contributed by atoms with Crippen LogP contribution in [0.1, 0.15) is 12.0 Å². The molecular formula is C8H8BrF2NO2. The third kappa shape index (κ3) is 1.95. The summed E-state index contributed by atoms with van der Waals surface area (Å²) in [5.74, 6) is 0.190. The number of rotatable bonds is 3. The van der Waals surface area contributed by atoms with Crippen molar-refractivity contribution in [1.82, 2.24) is 4.98 Å². The van der Waals surface area contributed by atoms with Crippen LogP contribution in [0.4, 0.5) is 8.78 Å². The molecule has 0 amide bonds. The molecule has 0 aromatic carbocycles. The van der Waals surface area contributed by atoms with Crippen LogP contribution in [0.25, 0.3) is 0 Å². The van der Waals surface area contributed by atoms with Gasteiger partial charge in [-0.15, -0.1) is 0 Å². The largest absolute Gasteiger partial charge is 0.492 e. The Morgan fingerprint density at radius 1 is 1.36 bits per heavy atom. The zero-order valence-electron chi connectivity index (χ0n) is 7.55. The quantitative estimate of drug-likeness (QED) is 0.790. The fourth-order valence-electron chi connectivity index (χ4n) is 1.01. The molecule has 0 aliphatic heterocycles. The van der Waals surface area contributed by atoms with Gasteiger partial charge in [0.1, 0.15) is 4.60 Å². The molecule has 0 unspecified atom stereocenters. The second-order valence-electron chi connectivity index (χ2n) is 2.37. The lowest BCUT2D eigenvalue weighted by Gasteiger charge is -2.12. The molecule has 0 spiro atoms. The predicted octanol–water partition coefficient (Wildman–Crippen LogP) is 2.80. The van der Waals surface area contributed by atoms with Gasteiger partial charge < -0.3 is 9.47 Å². The maximum atomic E-state index is 12.6. The highest BCUT2D eigenvalue weighted by Crippen LogP contribution is 2.39. The Labute approximate surface area is 88.2 Å². The molecule has 1 aromatic heterocycles. The van der Waals surface area contributed by atoms with Crippen LogP contribution in [0.2, 0.25) is 0 Å². The minimum Gasteiger partial charge on any atom is -0.492 e. The van der Waals surface area contributed by atoms with Gasteiger partial charge in [0.15, 0.2) is 11.5 Å². The molecular weight excluding hydrogens is 260 g/mol. The highest BCUT2D eigenvalue weighted by Gasteiger charge is 2.22. The average Bonchev–Trinajstić information content (AvgIpc) is 2.16. The van der Waals surface area contributed by atoms with Crippen LogP contribution in [0.5, 0.6) is 11.5 Å². The standard InChI is InChI=1S/C8H8BrF2NO2/c1-13-4-3-12-7(9)5(8(10)11)6(4)14-2/h3,8H,1-2H3. The summed E-state index contributed by atoms with van der Waals surface area (Å²) >= 11 is 2.93. The van der Waals surface area contributed by atoms with Crippen molar-refractivity contribution >= 4 is 15.9 Å². The number of methoxy groups -OCH3 is 2. The zero-order chi connectivity index (χ0) is 10.7. The molecule has 0 bridgehead atoms. The Bertz CT molecular complexity index is 333. The van der Waals surface area contributed by atoms with Crippen molar-refractivity contribution < 1.29 is 18.3 Å². The van der Waals surface area contributed by atoms with Crippen molar-refractivity contribution in [3.05, 3.63) is 16.4 Å². The maximum absolute atomic E-state index is 12.6. The Kier molecular flexibility index (Phi) is 3.62. The molecule has 0 atom stereocenters. The van der Waals surface area contributed by atoms with Gasteiger partial charge in [0.2, 0.25) is 0 Å². The molecule has 0 fully saturated rings. The Hall–Kier alpha value is -0.910. The van der Waals surface area contributed by atoms with E-state index in [0.29, 0.717) is 0 Å². The molecule has 14 heavy (non-hydrogen) atoms. The van der Waals surface area contributed by atoms with Gasteiger partial charge in [0.05, 0.1) is 26.0 Å². The van der Waals surface area contributed by atoms with Gasteiger partial charge in [0, 0.05) is 0 Å². The van der Waals surface area contributed by atoms with Gasteiger partial charge in [0.25, 0.3) is 6.43 Å². The van der Waals surface area contributed by atoms with Crippen LogP contribution in [0.3, 0.4) is 0 Å². The van der Waals surface area contributed by atoms with E-state index in [1.54, 1.807) is 0 Å². The summed E-state index contributed by atoms with van der Waals surface area (Å²) in [6, 6.07) is 0. The van der Waals surface area contributed by atoms with E-state index < -0.39 is 6.43 Å². The van der Waals surface area contributed by atoms with Crippen LogP contribution < -0.4 is 9.47 Å². The lowest BCUT2D eigenvalue weighted by molar-refractivity contribution is 0.144. The minimum absolute atomic E-state index is 0.00405. The van der Waals surface area contributed by atoms with E-state index in [-0.39, 0.29) is 21.7 Å². The lowest BCUT2D eigenvalue weighted by atomic mass is 10.2. The number of nitrogens with zero attached hydrogens (tertiary/aromatic N) is 1. The smallest absolute Gasteiger partial charge is 0.270 e. The summed E-state index contributed by atoms with van der Waals surface area (Å²) in [6.07, 6.45) is -1.35. The van der Waals surface area contributed by atoms with Gasteiger partial charge in [-0.2, -0.15) is 0 Å². The fraction of sp³-hybridized carbons (Fsp3) is 0.375. The van der Waals surface area contributed by atoms with Crippen molar-refractivity contribution in [1.29, 1.82) is 0 Å². The molecule has 3 nitrogen and oxygen atoms in total. The molecule has 1 aromatic rings. The summed E-state index contributed by atoms with van der Waals surface area (Å²) in [4.78, 5) is 3.71. The second kappa shape index (κ2) is 4.54. The molecule has 0 aliphatic carbocycles. The normalized spacial score (nSPS) is 10.4. The predicted molar refractivity (Wildman–Crippen MR) is 50.0 cm³/mol. The van der Waals surface area contributed by atoms with E-state index >= 15 is 0 Å². The van der Waals surface area contributed by atoms with E-state index in [9.17, 15) is 8.78 Å². The summed E-state index contributed by atoms with van der Waals surface area (Å²) in [7, 11) is 2.67. The number of alkyl halides is 2.